The molecule has 1 aliphatic rings. The molecule has 1 saturated heterocycles. The number of anilines is 1. The number of nitrogens with zero attached hydrogens (tertiary/aromatic N) is 6. The average molecular weight is 318 g/mol. The summed E-state index contributed by atoms with van der Waals surface area (Å²) in [5.74, 6) is 0.375. The predicted octanol–water partition coefficient (Wildman–Crippen LogP) is 1.14. The molecule has 0 radical (unpaired) electrons. The van der Waals surface area contributed by atoms with Crippen molar-refractivity contribution in [1.82, 2.24) is 24.7 Å². The number of rotatable bonds is 6. The lowest BCUT2D eigenvalue weighted by Crippen LogP contribution is -2.46. The summed E-state index contributed by atoms with van der Waals surface area (Å²) in [5.41, 5.74) is 3.04. The Kier molecular flexibility index (Phi) is 5.07. The van der Waals surface area contributed by atoms with Gasteiger partial charge in [-0.15, -0.1) is 10.2 Å². The number of aromatic nitrogens is 4. The largest absolute Gasteiger partial charge is 0.396 e. The van der Waals surface area contributed by atoms with E-state index in [1.54, 1.807) is 10.8 Å². The van der Waals surface area contributed by atoms with Crippen LogP contribution in [0.25, 0.3) is 5.65 Å². The fourth-order valence-corrected chi connectivity index (χ4v) is 3.00. The van der Waals surface area contributed by atoms with Crippen LogP contribution in [0.5, 0.6) is 0 Å². The summed E-state index contributed by atoms with van der Waals surface area (Å²) < 4.78 is 1.79. The number of fused-ring (bicyclic) bond motifs is 1. The van der Waals surface area contributed by atoms with E-state index in [9.17, 15) is 0 Å². The van der Waals surface area contributed by atoms with Gasteiger partial charge in [0.05, 0.1) is 11.4 Å². The van der Waals surface area contributed by atoms with Gasteiger partial charge in [-0.25, -0.2) is 0 Å². The third kappa shape index (κ3) is 3.61. The van der Waals surface area contributed by atoms with Crippen LogP contribution in [0.1, 0.15) is 38.3 Å². The van der Waals surface area contributed by atoms with Crippen molar-refractivity contribution in [3.8, 4) is 0 Å². The zero-order chi connectivity index (χ0) is 16.2. The van der Waals surface area contributed by atoms with Crippen molar-refractivity contribution in [1.29, 1.82) is 0 Å². The van der Waals surface area contributed by atoms with Crippen LogP contribution in [-0.2, 0) is 0 Å². The summed E-state index contributed by atoms with van der Waals surface area (Å²) in [6.45, 7) is 9.74. The molecule has 1 N–H and O–H groups in total. The Morgan fingerprint density at radius 2 is 1.96 bits per heavy atom. The summed E-state index contributed by atoms with van der Waals surface area (Å²) in [6.07, 6.45) is 3.64. The van der Waals surface area contributed by atoms with Crippen LogP contribution < -0.4 is 4.90 Å². The molecule has 0 spiro atoms. The van der Waals surface area contributed by atoms with Gasteiger partial charge < -0.3 is 10.0 Å². The monoisotopic (exact) mass is 318 g/mol. The molecule has 2 aromatic heterocycles. The molecule has 0 amide bonds. The first kappa shape index (κ1) is 16.1. The number of unbranched alkanes of at least 4 members (excludes halogenated alkanes) is 1. The van der Waals surface area contributed by atoms with Crippen molar-refractivity contribution >= 4 is 11.3 Å². The molecule has 23 heavy (non-hydrogen) atoms. The normalized spacial score (nSPS) is 16.6. The number of hydrogen-bond acceptors (Lipinski definition) is 6. The van der Waals surface area contributed by atoms with Crippen molar-refractivity contribution in [2.75, 3.05) is 44.2 Å². The fraction of sp³-hybridized carbons (Fsp3) is 0.688. The zero-order valence-electron chi connectivity index (χ0n) is 14.0. The van der Waals surface area contributed by atoms with Crippen LogP contribution in [0.3, 0.4) is 0 Å². The molecule has 0 aliphatic carbocycles. The maximum atomic E-state index is 8.89. The summed E-state index contributed by atoms with van der Waals surface area (Å²) in [6, 6.07) is 2.16. The van der Waals surface area contributed by atoms with E-state index in [1.165, 1.54) is 0 Å². The molecule has 7 heteroatoms. The van der Waals surface area contributed by atoms with E-state index < -0.39 is 0 Å². The SMILES string of the molecule is CC(C)c1cc(N2CCN(CCCCO)CC2)c2nncn2n1. The summed E-state index contributed by atoms with van der Waals surface area (Å²) in [5, 5.41) is 21.7. The van der Waals surface area contributed by atoms with Crippen LogP contribution in [0.2, 0.25) is 0 Å². The van der Waals surface area contributed by atoms with Crippen molar-refractivity contribution in [3.63, 3.8) is 0 Å². The highest BCUT2D eigenvalue weighted by Gasteiger charge is 2.21. The van der Waals surface area contributed by atoms with Crippen molar-refractivity contribution in [3.05, 3.63) is 18.1 Å². The van der Waals surface area contributed by atoms with Crippen molar-refractivity contribution < 1.29 is 5.11 Å². The first-order chi connectivity index (χ1) is 11.2. The molecule has 126 valence electrons. The highest BCUT2D eigenvalue weighted by Crippen LogP contribution is 2.24. The molecule has 0 bridgehead atoms. The lowest BCUT2D eigenvalue weighted by molar-refractivity contribution is 0.232. The van der Waals surface area contributed by atoms with E-state index in [0.29, 0.717) is 12.5 Å². The second-order valence-corrected chi connectivity index (χ2v) is 6.47. The van der Waals surface area contributed by atoms with Gasteiger partial charge in [0.15, 0.2) is 0 Å². The van der Waals surface area contributed by atoms with E-state index in [2.05, 4.69) is 45.0 Å². The van der Waals surface area contributed by atoms with Gasteiger partial charge in [0, 0.05) is 32.8 Å². The van der Waals surface area contributed by atoms with E-state index in [0.717, 1.165) is 62.6 Å². The van der Waals surface area contributed by atoms with Crippen LogP contribution in [0.4, 0.5) is 5.69 Å². The highest BCUT2D eigenvalue weighted by atomic mass is 16.2. The lowest BCUT2D eigenvalue weighted by Gasteiger charge is -2.36. The Labute approximate surface area is 136 Å². The predicted molar refractivity (Wildman–Crippen MR) is 89.8 cm³/mol. The van der Waals surface area contributed by atoms with Gasteiger partial charge in [-0.3, -0.25) is 4.90 Å². The van der Waals surface area contributed by atoms with Crippen LogP contribution in [0.15, 0.2) is 12.4 Å². The Bertz CT molecular complexity index is 633. The van der Waals surface area contributed by atoms with E-state index in [4.69, 9.17) is 5.11 Å². The minimum atomic E-state index is 0.291. The maximum Gasteiger partial charge on any atom is 0.200 e. The van der Waals surface area contributed by atoms with Crippen molar-refractivity contribution in [2.45, 2.75) is 32.6 Å². The van der Waals surface area contributed by atoms with Crippen molar-refractivity contribution in [2.24, 2.45) is 0 Å². The van der Waals surface area contributed by atoms with Gasteiger partial charge >= 0.3 is 0 Å². The molecule has 1 fully saturated rings. The summed E-state index contributed by atoms with van der Waals surface area (Å²) in [4.78, 5) is 4.86. The molecule has 3 rings (SSSR count). The Balaban J connectivity index is 1.72. The van der Waals surface area contributed by atoms with Gasteiger partial charge in [0.2, 0.25) is 5.65 Å². The number of aliphatic hydroxyl groups is 1. The average Bonchev–Trinajstić information content (AvgIpc) is 3.03. The van der Waals surface area contributed by atoms with Crippen LogP contribution >= 0.6 is 0 Å². The fourth-order valence-electron chi connectivity index (χ4n) is 3.00. The van der Waals surface area contributed by atoms with Gasteiger partial charge in [-0.05, 0) is 31.4 Å². The molecule has 7 nitrogen and oxygen atoms in total. The molecule has 0 unspecified atom stereocenters. The van der Waals surface area contributed by atoms with E-state index in [-0.39, 0.29) is 0 Å². The Hall–Kier alpha value is -1.73. The standard InChI is InChI=1S/C16H26N6O/c1-13(2)14-11-15(16-18-17-12-22(16)19-14)21-8-6-20(7-9-21)5-3-4-10-23/h11-13,23H,3-10H2,1-2H3. The summed E-state index contributed by atoms with van der Waals surface area (Å²) in [7, 11) is 0. The van der Waals surface area contributed by atoms with Gasteiger partial charge in [0.1, 0.15) is 6.33 Å². The molecule has 0 aromatic carbocycles. The minimum absolute atomic E-state index is 0.291. The Morgan fingerprint density at radius 3 is 2.65 bits per heavy atom. The first-order valence-corrected chi connectivity index (χ1v) is 8.48. The smallest absolute Gasteiger partial charge is 0.200 e. The van der Waals surface area contributed by atoms with Gasteiger partial charge in [-0.2, -0.15) is 9.61 Å². The van der Waals surface area contributed by atoms with Crippen LogP contribution in [0, 0.1) is 0 Å². The molecular formula is C16H26N6O. The minimum Gasteiger partial charge on any atom is -0.396 e. The second kappa shape index (κ2) is 7.23. The lowest BCUT2D eigenvalue weighted by atomic mass is 10.1. The van der Waals surface area contributed by atoms with Crippen LogP contribution in [-0.4, -0.2) is 69.1 Å². The second-order valence-electron chi connectivity index (χ2n) is 6.47. The molecular weight excluding hydrogens is 292 g/mol. The first-order valence-electron chi connectivity index (χ1n) is 8.48. The molecule has 0 atom stereocenters. The quantitative estimate of drug-likeness (QED) is 0.806. The third-order valence-electron chi connectivity index (χ3n) is 4.45. The molecule has 2 aromatic rings. The highest BCUT2D eigenvalue weighted by molar-refractivity contribution is 5.68. The number of piperazine rings is 1. The number of aliphatic hydroxyl groups excluding tert-OH is 1. The topological polar surface area (TPSA) is 69.8 Å². The third-order valence-corrected chi connectivity index (χ3v) is 4.45. The molecule has 0 saturated carbocycles. The van der Waals surface area contributed by atoms with E-state index in [1.807, 2.05) is 0 Å². The van der Waals surface area contributed by atoms with E-state index >= 15 is 0 Å². The number of hydrogen-bond donors (Lipinski definition) is 1. The molecule has 1 aliphatic heterocycles. The van der Waals surface area contributed by atoms with Gasteiger partial charge in [-0.1, -0.05) is 13.8 Å². The Morgan fingerprint density at radius 1 is 1.17 bits per heavy atom. The summed E-state index contributed by atoms with van der Waals surface area (Å²) >= 11 is 0. The maximum absolute atomic E-state index is 8.89. The molecule has 3 heterocycles. The zero-order valence-corrected chi connectivity index (χ0v) is 14.0. The van der Waals surface area contributed by atoms with Gasteiger partial charge in [0.25, 0.3) is 0 Å².